The molecule has 1 N–H and O–H groups in total. The average molecular weight is 381 g/mol. The van der Waals surface area contributed by atoms with E-state index in [9.17, 15) is 13.2 Å². The Bertz CT molecular complexity index is 673. The van der Waals surface area contributed by atoms with E-state index in [-0.39, 0.29) is 27.1 Å². The van der Waals surface area contributed by atoms with Crippen molar-refractivity contribution in [2.24, 2.45) is 0 Å². The van der Waals surface area contributed by atoms with Crippen LogP contribution in [0.4, 0.5) is 4.79 Å². The van der Waals surface area contributed by atoms with Gasteiger partial charge in [0.1, 0.15) is 4.90 Å². The van der Waals surface area contributed by atoms with Crippen LogP contribution in [0.15, 0.2) is 23.1 Å². The maximum atomic E-state index is 12.4. The molecule has 9 heteroatoms. The molecule has 1 amide bonds. The standard InChI is InChI=1S/C14H18Cl2N2O4S/c1-2-22-14(19)18-8-6-10(7-9-18)17-23(20,21)12-5-3-4-11(15)13(12)16/h3-5,10,17H,2,6-9H2,1H3. The summed E-state index contributed by atoms with van der Waals surface area (Å²) < 4.78 is 32.4. The molecule has 1 heterocycles. The minimum Gasteiger partial charge on any atom is -0.450 e. The molecule has 1 aliphatic rings. The van der Waals surface area contributed by atoms with Crippen LogP contribution >= 0.6 is 23.2 Å². The summed E-state index contributed by atoms with van der Waals surface area (Å²) in [5.74, 6) is 0. The third-order valence-corrected chi connectivity index (χ3v) is 6.04. The molecule has 0 saturated carbocycles. The van der Waals surface area contributed by atoms with E-state index in [1.807, 2.05) is 0 Å². The van der Waals surface area contributed by atoms with Gasteiger partial charge in [-0.2, -0.15) is 0 Å². The Morgan fingerprint density at radius 3 is 2.61 bits per heavy atom. The number of amides is 1. The number of hydrogen-bond donors (Lipinski definition) is 1. The summed E-state index contributed by atoms with van der Waals surface area (Å²) in [5.41, 5.74) is 0. The summed E-state index contributed by atoms with van der Waals surface area (Å²) in [6, 6.07) is 4.21. The Labute approximate surface area is 145 Å². The third kappa shape index (κ3) is 4.50. The van der Waals surface area contributed by atoms with Crippen LogP contribution in [0.3, 0.4) is 0 Å². The van der Waals surface area contributed by atoms with Gasteiger partial charge in [0.2, 0.25) is 10.0 Å². The van der Waals surface area contributed by atoms with E-state index >= 15 is 0 Å². The molecule has 6 nitrogen and oxygen atoms in total. The minimum atomic E-state index is -3.76. The molecule has 1 saturated heterocycles. The van der Waals surface area contributed by atoms with Gasteiger partial charge in [-0.1, -0.05) is 29.3 Å². The lowest BCUT2D eigenvalue weighted by molar-refractivity contribution is 0.0966. The van der Waals surface area contributed by atoms with E-state index in [4.69, 9.17) is 27.9 Å². The predicted molar refractivity (Wildman–Crippen MR) is 88.4 cm³/mol. The summed E-state index contributed by atoms with van der Waals surface area (Å²) in [7, 11) is -3.76. The maximum Gasteiger partial charge on any atom is 0.409 e. The number of sulfonamides is 1. The molecule has 0 unspecified atom stereocenters. The van der Waals surface area contributed by atoms with Crippen LogP contribution in [0.5, 0.6) is 0 Å². The Hall–Kier alpha value is -1.02. The summed E-state index contributed by atoms with van der Waals surface area (Å²) in [4.78, 5) is 13.2. The Balaban J connectivity index is 2.00. The van der Waals surface area contributed by atoms with Crippen LogP contribution in [0.25, 0.3) is 0 Å². The van der Waals surface area contributed by atoms with Crippen molar-refractivity contribution in [2.45, 2.75) is 30.7 Å². The van der Waals surface area contributed by atoms with E-state index in [0.717, 1.165) is 0 Å². The molecule has 0 spiro atoms. The molecule has 1 aliphatic heterocycles. The van der Waals surface area contributed by atoms with E-state index in [1.54, 1.807) is 11.8 Å². The first-order valence-corrected chi connectivity index (χ1v) is 9.47. The molecule has 128 valence electrons. The molecular formula is C14H18Cl2N2O4S. The summed E-state index contributed by atoms with van der Waals surface area (Å²) in [5, 5.41) is 0.192. The molecule has 1 aromatic carbocycles. The number of halogens is 2. The fraction of sp³-hybridized carbons (Fsp3) is 0.500. The van der Waals surface area contributed by atoms with Gasteiger partial charge in [-0.3, -0.25) is 0 Å². The number of benzene rings is 1. The van der Waals surface area contributed by atoms with Crippen LogP contribution in [0, 0.1) is 0 Å². The zero-order chi connectivity index (χ0) is 17.0. The number of nitrogens with zero attached hydrogens (tertiary/aromatic N) is 1. The lowest BCUT2D eigenvalue weighted by atomic mass is 10.1. The average Bonchev–Trinajstić information content (AvgIpc) is 2.50. The van der Waals surface area contributed by atoms with Gasteiger partial charge >= 0.3 is 6.09 Å². The fourth-order valence-electron chi connectivity index (χ4n) is 2.37. The first-order valence-electron chi connectivity index (χ1n) is 7.23. The topological polar surface area (TPSA) is 75.7 Å². The normalized spacial score (nSPS) is 16.4. The molecule has 0 atom stereocenters. The predicted octanol–water partition coefficient (Wildman–Crippen LogP) is 2.89. The van der Waals surface area contributed by atoms with Gasteiger partial charge in [-0.15, -0.1) is 0 Å². The zero-order valence-electron chi connectivity index (χ0n) is 12.6. The molecule has 0 radical (unpaired) electrons. The van der Waals surface area contributed by atoms with Gasteiger partial charge < -0.3 is 9.64 Å². The third-order valence-electron chi connectivity index (χ3n) is 3.55. The van der Waals surface area contributed by atoms with Crippen molar-refractivity contribution >= 4 is 39.3 Å². The van der Waals surface area contributed by atoms with Crippen molar-refractivity contribution in [2.75, 3.05) is 19.7 Å². The van der Waals surface area contributed by atoms with Gasteiger partial charge in [0, 0.05) is 19.1 Å². The maximum absolute atomic E-state index is 12.4. The molecular weight excluding hydrogens is 363 g/mol. The number of carbonyl (C=O) groups is 1. The van der Waals surface area contributed by atoms with Crippen LogP contribution in [0.2, 0.25) is 10.0 Å². The monoisotopic (exact) mass is 380 g/mol. The van der Waals surface area contributed by atoms with Crippen LogP contribution in [0.1, 0.15) is 19.8 Å². The molecule has 1 aromatic rings. The Kier molecular flexibility index (Phi) is 6.13. The molecule has 1 fully saturated rings. The van der Waals surface area contributed by atoms with E-state index in [1.165, 1.54) is 18.2 Å². The zero-order valence-corrected chi connectivity index (χ0v) is 14.9. The quantitative estimate of drug-likeness (QED) is 0.870. The number of carbonyl (C=O) groups excluding carboxylic acids is 1. The van der Waals surface area contributed by atoms with E-state index in [2.05, 4.69) is 4.72 Å². The SMILES string of the molecule is CCOC(=O)N1CCC(NS(=O)(=O)c2cccc(Cl)c2Cl)CC1. The van der Waals surface area contributed by atoms with Crippen molar-refractivity contribution in [3.63, 3.8) is 0 Å². The number of hydrogen-bond acceptors (Lipinski definition) is 4. The van der Waals surface area contributed by atoms with Crippen molar-refractivity contribution in [3.05, 3.63) is 28.2 Å². The smallest absolute Gasteiger partial charge is 0.409 e. The van der Waals surface area contributed by atoms with Gasteiger partial charge in [-0.05, 0) is 31.9 Å². The second-order valence-corrected chi connectivity index (χ2v) is 7.60. The van der Waals surface area contributed by atoms with Crippen molar-refractivity contribution < 1.29 is 17.9 Å². The van der Waals surface area contributed by atoms with E-state index in [0.29, 0.717) is 32.5 Å². The van der Waals surface area contributed by atoms with Crippen molar-refractivity contribution in [1.29, 1.82) is 0 Å². The highest BCUT2D eigenvalue weighted by molar-refractivity contribution is 7.89. The minimum absolute atomic E-state index is 0.00521. The van der Waals surface area contributed by atoms with Gasteiger partial charge in [0.15, 0.2) is 0 Å². The van der Waals surface area contributed by atoms with Crippen LogP contribution in [-0.4, -0.2) is 45.1 Å². The number of rotatable bonds is 4. The Morgan fingerprint density at radius 2 is 2.00 bits per heavy atom. The number of piperidine rings is 1. The Morgan fingerprint density at radius 1 is 1.35 bits per heavy atom. The number of likely N-dealkylation sites (tertiary alicyclic amines) is 1. The largest absolute Gasteiger partial charge is 0.450 e. The summed E-state index contributed by atoms with van der Waals surface area (Å²) >= 11 is 11.8. The van der Waals surface area contributed by atoms with Gasteiger partial charge in [0.25, 0.3) is 0 Å². The van der Waals surface area contributed by atoms with Crippen LogP contribution < -0.4 is 4.72 Å². The lowest BCUT2D eigenvalue weighted by Gasteiger charge is -2.31. The van der Waals surface area contributed by atoms with Crippen LogP contribution in [-0.2, 0) is 14.8 Å². The number of ether oxygens (including phenoxy) is 1. The lowest BCUT2D eigenvalue weighted by Crippen LogP contribution is -2.46. The van der Waals surface area contributed by atoms with Crippen molar-refractivity contribution in [3.8, 4) is 0 Å². The van der Waals surface area contributed by atoms with Crippen molar-refractivity contribution in [1.82, 2.24) is 9.62 Å². The summed E-state index contributed by atoms with van der Waals surface area (Å²) in [6.45, 7) is 2.94. The molecule has 0 bridgehead atoms. The first-order chi connectivity index (χ1) is 10.8. The second-order valence-electron chi connectivity index (χ2n) is 5.13. The van der Waals surface area contributed by atoms with E-state index < -0.39 is 10.0 Å². The highest BCUT2D eigenvalue weighted by Crippen LogP contribution is 2.29. The number of nitrogens with one attached hydrogen (secondary N) is 1. The molecule has 2 rings (SSSR count). The summed E-state index contributed by atoms with van der Waals surface area (Å²) in [6.07, 6.45) is 0.651. The first kappa shape index (κ1) is 18.3. The van der Waals surface area contributed by atoms with Gasteiger partial charge in [-0.25, -0.2) is 17.9 Å². The highest BCUT2D eigenvalue weighted by Gasteiger charge is 2.28. The molecule has 0 aliphatic carbocycles. The second kappa shape index (κ2) is 7.70. The highest BCUT2D eigenvalue weighted by atomic mass is 35.5. The fourth-order valence-corrected chi connectivity index (χ4v) is 4.44. The van der Waals surface area contributed by atoms with Gasteiger partial charge in [0.05, 0.1) is 16.7 Å². The molecule has 23 heavy (non-hydrogen) atoms. The molecule has 0 aromatic heterocycles.